The fourth-order valence-corrected chi connectivity index (χ4v) is 4.92. The third-order valence-electron chi connectivity index (χ3n) is 6.42. The van der Waals surface area contributed by atoms with Gasteiger partial charge in [-0.25, -0.2) is 9.97 Å². The third-order valence-corrected chi connectivity index (χ3v) is 6.42. The van der Waals surface area contributed by atoms with E-state index in [1.807, 2.05) is 66.7 Å². The first-order valence-electron chi connectivity index (χ1n) is 11.1. The Hall–Kier alpha value is -4.83. The zero-order chi connectivity index (χ0) is 24.1. The molecule has 4 aromatic carbocycles. The minimum absolute atomic E-state index is 0.0492. The largest absolute Gasteiger partial charge is 0.493 e. The summed E-state index contributed by atoms with van der Waals surface area (Å²) in [6, 6.07) is 23.4. The fraction of sp³-hybridized carbons (Fsp3) is 0.107. The van der Waals surface area contributed by atoms with Crippen molar-refractivity contribution >= 4 is 32.8 Å². The number of nitrogens with two attached hydrogens (primary N) is 1. The number of methoxy groups -OCH3 is 2. The van der Waals surface area contributed by atoms with Gasteiger partial charge in [-0.05, 0) is 18.2 Å². The average molecular weight is 460 g/mol. The maximum Gasteiger partial charge on any atom is 0.205 e. The van der Waals surface area contributed by atoms with E-state index in [4.69, 9.17) is 29.9 Å². The van der Waals surface area contributed by atoms with Gasteiger partial charge in [0.25, 0.3) is 0 Å². The van der Waals surface area contributed by atoms with Crippen molar-refractivity contribution in [3.05, 3.63) is 89.3 Å². The van der Waals surface area contributed by atoms with E-state index in [-0.39, 0.29) is 11.5 Å². The van der Waals surface area contributed by atoms with Crippen molar-refractivity contribution in [2.45, 2.75) is 5.92 Å². The van der Waals surface area contributed by atoms with E-state index < -0.39 is 5.92 Å². The van der Waals surface area contributed by atoms with Crippen LogP contribution in [0, 0.1) is 11.3 Å². The van der Waals surface area contributed by atoms with Gasteiger partial charge < -0.3 is 19.9 Å². The molecule has 5 aromatic rings. The van der Waals surface area contributed by atoms with Gasteiger partial charge in [0, 0.05) is 21.9 Å². The molecule has 2 N–H and O–H groups in total. The molecule has 1 aliphatic rings. The number of nitriles is 1. The molecule has 2 heterocycles. The second-order valence-corrected chi connectivity index (χ2v) is 8.21. The fourth-order valence-electron chi connectivity index (χ4n) is 4.92. The van der Waals surface area contributed by atoms with Crippen LogP contribution in [-0.2, 0) is 0 Å². The van der Waals surface area contributed by atoms with Crippen molar-refractivity contribution < 1.29 is 14.2 Å². The standard InChI is InChI=1S/C28H20N4O3/c1-33-21-13-7-10-17(26(21)34-2)22-18(14-29)28(30)35-27-16-9-4-3-8-15(16)24-25(23(22)27)32-20-12-6-5-11-19(20)31-24/h3-13,22H,30H2,1-2H3. The molecule has 0 fully saturated rings. The molecule has 6 rings (SSSR count). The molecule has 1 atom stereocenters. The minimum atomic E-state index is -0.601. The smallest absolute Gasteiger partial charge is 0.205 e. The summed E-state index contributed by atoms with van der Waals surface area (Å²) in [4.78, 5) is 10.0. The SMILES string of the molecule is COc1cccc(C2C(C#N)=C(N)Oc3c2c2nc4ccccc4nc2c2ccccc32)c1OC. The van der Waals surface area contributed by atoms with Crippen LogP contribution in [0.2, 0.25) is 0 Å². The molecule has 0 radical (unpaired) electrons. The van der Waals surface area contributed by atoms with E-state index in [0.29, 0.717) is 28.3 Å². The molecule has 7 nitrogen and oxygen atoms in total. The van der Waals surface area contributed by atoms with Crippen molar-refractivity contribution in [3.63, 3.8) is 0 Å². The Bertz CT molecular complexity index is 1740. The minimum Gasteiger partial charge on any atom is -0.493 e. The lowest BCUT2D eigenvalue weighted by Crippen LogP contribution is -2.22. The number of aromatic nitrogens is 2. The van der Waals surface area contributed by atoms with Crippen molar-refractivity contribution in [2.75, 3.05) is 14.2 Å². The molecule has 0 saturated heterocycles. The van der Waals surface area contributed by atoms with Crippen LogP contribution < -0.4 is 19.9 Å². The summed E-state index contributed by atoms with van der Waals surface area (Å²) < 4.78 is 17.5. The highest BCUT2D eigenvalue weighted by Crippen LogP contribution is 2.51. The summed E-state index contributed by atoms with van der Waals surface area (Å²) >= 11 is 0. The molecule has 1 aliphatic heterocycles. The van der Waals surface area contributed by atoms with E-state index in [1.165, 1.54) is 0 Å². The van der Waals surface area contributed by atoms with Crippen LogP contribution in [0.3, 0.4) is 0 Å². The molecular weight excluding hydrogens is 440 g/mol. The highest BCUT2D eigenvalue weighted by Gasteiger charge is 2.37. The van der Waals surface area contributed by atoms with Crippen LogP contribution in [0.1, 0.15) is 17.0 Å². The number of hydrogen-bond acceptors (Lipinski definition) is 7. The predicted octanol–water partition coefficient (Wildman–Crippen LogP) is 5.17. The lowest BCUT2D eigenvalue weighted by Gasteiger charge is -2.29. The van der Waals surface area contributed by atoms with E-state index in [0.717, 1.165) is 32.9 Å². The Morgan fingerprint density at radius 2 is 1.54 bits per heavy atom. The summed E-state index contributed by atoms with van der Waals surface area (Å²) in [5, 5.41) is 11.9. The molecule has 1 aromatic heterocycles. The Morgan fingerprint density at radius 1 is 0.857 bits per heavy atom. The van der Waals surface area contributed by atoms with Gasteiger partial charge in [0.15, 0.2) is 11.5 Å². The quantitative estimate of drug-likeness (QED) is 0.293. The second kappa shape index (κ2) is 7.89. The molecule has 35 heavy (non-hydrogen) atoms. The van der Waals surface area contributed by atoms with Crippen LogP contribution in [0.25, 0.3) is 32.8 Å². The van der Waals surface area contributed by atoms with E-state index in [9.17, 15) is 5.26 Å². The average Bonchev–Trinajstić information content (AvgIpc) is 2.91. The van der Waals surface area contributed by atoms with Gasteiger partial charge in [0.1, 0.15) is 17.4 Å². The zero-order valence-corrected chi connectivity index (χ0v) is 19.1. The summed E-state index contributed by atoms with van der Waals surface area (Å²) in [5.74, 6) is 1.08. The Labute approximate surface area is 201 Å². The zero-order valence-electron chi connectivity index (χ0n) is 19.1. The number of allylic oxidation sites excluding steroid dienone is 1. The topological polar surface area (TPSA) is 103 Å². The molecule has 0 saturated carbocycles. The first kappa shape index (κ1) is 20.8. The van der Waals surface area contributed by atoms with Gasteiger partial charge in [0.05, 0.1) is 42.2 Å². The van der Waals surface area contributed by atoms with Crippen molar-refractivity contribution in [1.29, 1.82) is 5.26 Å². The number of rotatable bonds is 3. The van der Waals surface area contributed by atoms with E-state index in [2.05, 4.69) is 6.07 Å². The lowest BCUT2D eigenvalue weighted by atomic mass is 9.81. The first-order valence-corrected chi connectivity index (χ1v) is 11.1. The van der Waals surface area contributed by atoms with Gasteiger partial charge in [-0.3, -0.25) is 0 Å². The van der Waals surface area contributed by atoms with Crippen LogP contribution in [0.5, 0.6) is 17.2 Å². The molecular formula is C28H20N4O3. The first-order chi connectivity index (χ1) is 17.2. The Balaban J connectivity index is 1.82. The summed E-state index contributed by atoms with van der Waals surface area (Å²) in [6.45, 7) is 0. The van der Waals surface area contributed by atoms with E-state index in [1.54, 1.807) is 14.2 Å². The third kappa shape index (κ3) is 2.97. The lowest BCUT2D eigenvalue weighted by molar-refractivity contribution is 0.349. The molecule has 0 spiro atoms. The van der Waals surface area contributed by atoms with Crippen molar-refractivity contribution in [1.82, 2.24) is 9.97 Å². The van der Waals surface area contributed by atoms with Crippen LogP contribution in [-0.4, -0.2) is 24.2 Å². The summed E-state index contributed by atoms with van der Waals surface area (Å²) in [6.07, 6.45) is 0. The number of benzene rings is 4. The molecule has 1 unspecified atom stereocenters. The van der Waals surface area contributed by atoms with Gasteiger partial charge in [0.2, 0.25) is 5.88 Å². The summed E-state index contributed by atoms with van der Waals surface area (Å²) in [7, 11) is 3.15. The van der Waals surface area contributed by atoms with Crippen molar-refractivity contribution in [3.8, 4) is 23.3 Å². The van der Waals surface area contributed by atoms with Gasteiger partial charge in [-0.1, -0.05) is 48.5 Å². The van der Waals surface area contributed by atoms with Crippen LogP contribution >= 0.6 is 0 Å². The molecule has 0 bridgehead atoms. The van der Waals surface area contributed by atoms with Crippen LogP contribution in [0.15, 0.2) is 78.2 Å². The molecule has 0 aliphatic carbocycles. The number of para-hydroxylation sites is 3. The van der Waals surface area contributed by atoms with E-state index >= 15 is 0 Å². The number of fused-ring (bicyclic) bond motifs is 7. The highest BCUT2D eigenvalue weighted by atomic mass is 16.5. The Morgan fingerprint density at radius 3 is 2.23 bits per heavy atom. The molecule has 0 amide bonds. The van der Waals surface area contributed by atoms with Gasteiger partial charge in [-0.15, -0.1) is 0 Å². The highest BCUT2D eigenvalue weighted by molar-refractivity contribution is 6.11. The normalized spacial score (nSPS) is 15.1. The Kier molecular flexibility index (Phi) is 4.68. The summed E-state index contributed by atoms with van der Waals surface area (Å²) in [5.41, 5.74) is 11.0. The molecule has 7 heteroatoms. The van der Waals surface area contributed by atoms with Gasteiger partial charge >= 0.3 is 0 Å². The number of nitrogens with zero attached hydrogens (tertiary/aromatic N) is 3. The number of hydrogen-bond donors (Lipinski definition) is 1. The predicted molar refractivity (Wildman–Crippen MR) is 133 cm³/mol. The second-order valence-electron chi connectivity index (χ2n) is 8.21. The number of ether oxygens (including phenoxy) is 3. The maximum atomic E-state index is 10.2. The van der Waals surface area contributed by atoms with Crippen LogP contribution in [0.4, 0.5) is 0 Å². The van der Waals surface area contributed by atoms with Gasteiger partial charge in [-0.2, -0.15) is 5.26 Å². The molecule has 170 valence electrons. The monoisotopic (exact) mass is 460 g/mol. The maximum absolute atomic E-state index is 10.2. The van der Waals surface area contributed by atoms with Crippen molar-refractivity contribution in [2.24, 2.45) is 5.73 Å².